The molecule has 0 aliphatic rings. The third-order valence-corrected chi connectivity index (χ3v) is 5.05. The molecule has 0 amide bonds. The van der Waals surface area contributed by atoms with E-state index >= 15 is 0 Å². The molecule has 0 unspecified atom stereocenters. The Labute approximate surface area is 114 Å². The highest BCUT2D eigenvalue weighted by Gasteiger charge is 2.26. The molecule has 19 heavy (non-hydrogen) atoms. The number of nitrogens with zero attached hydrogens (tertiary/aromatic N) is 1. The number of aromatic nitrogens is 1. The van der Waals surface area contributed by atoms with Crippen LogP contribution in [0.25, 0.3) is 10.8 Å². The van der Waals surface area contributed by atoms with Crippen molar-refractivity contribution in [3.05, 3.63) is 29.6 Å². The Hall–Kier alpha value is -1.75. The minimum Gasteiger partial charge on any atom is -0.619 e. The molecule has 0 atom stereocenters. The molecule has 0 fully saturated rings. The van der Waals surface area contributed by atoms with Crippen molar-refractivity contribution in [1.29, 1.82) is 0 Å². The Morgan fingerprint density at radius 1 is 0.947 bits per heavy atom. The molecule has 0 spiro atoms. The van der Waals surface area contributed by atoms with Crippen LogP contribution in [0.1, 0.15) is 0 Å². The number of methoxy groups -OCH3 is 2. The standard InChI is InChI=1S/C14H19NO3Si/c1-17-12-6-10-8-14(19(3,4)5)15(16)9-11(10)7-13(12)18-2/h6-9H,1-5H3. The minimum absolute atomic E-state index is 0.635. The smallest absolute Gasteiger partial charge is 0.188 e. The van der Waals surface area contributed by atoms with Crippen LogP contribution in [-0.2, 0) is 0 Å². The molecule has 0 N–H and O–H groups in total. The predicted octanol–water partition coefficient (Wildman–Crippen LogP) is 2.04. The molecule has 102 valence electrons. The molecule has 1 aromatic heterocycles. The summed E-state index contributed by atoms with van der Waals surface area (Å²) in [4.78, 5) is 0. The molecule has 0 aliphatic heterocycles. The quantitative estimate of drug-likeness (QED) is 0.490. The van der Waals surface area contributed by atoms with E-state index in [1.165, 1.54) is 0 Å². The van der Waals surface area contributed by atoms with Crippen LogP contribution in [0, 0.1) is 5.21 Å². The Balaban J connectivity index is 2.72. The first-order valence-electron chi connectivity index (χ1n) is 6.16. The average molecular weight is 277 g/mol. The highest BCUT2D eigenvalue weighted by Crippen LogP contribution is 2.31. The van der Waals surface area contributed by atoms with Gasteiger partial charge in [-0.05, 0) is 17.5 Å². The van der Waals surface area contributed by atoms with Crippen molar-refractivity contribution in [3.63, 3.8) is 0 Å². The lowest BCUT2D eigenvalue weighted by atomic mass is 10.1. The fraction of sp³-hybridized carbons (Fsp3) is 0.357. The second-order valence-electron chi connectivity index (χ2n) is 5.57. The van der Waals surface area contributed by atoms with Crippen LogP contribution in [0.3, 0.4) is 0 Å². The Bertz CT molecular complexity index is 620. The molecule has 0 bridgehead atoms. The number of benzene rings is 1. The van der Waals surface area contributed by atoms with Gasteiger partial charge < -0.3 is 14.7 Å². The van der Waals surface area contributed by atoms with E-state index in [-0.39, 0.29) is 0 Å². The SMILES string of the molecule is COc1cc2cc([Si](C)(C)C)[n+]([O-])cc2cc1OC. The van der Waals surface area contributed by atoms with Crippen molar-refractivity contribution >= 4 is 24.2 Å². The highest BCUT2D eigenvalue weighted by atomic mass is 28.3. The molecule has 4 nitrogen and oxygen atoms in total. The van der Waals surface area contributed by atoms with Gasteiger partial charge in [-0.25, -0.2) is 0 Å². The van der Waals surface area contributed by atoms with Gasteiger partial charge >= 0.3 is 0 Å². The van der Waals surface area contributed by atoms with Crippen LogP contribution in [0.15, 0.2) is 24.4 Å². The van der Waals surface area contributed by atoms with E-state index in [1.54, 1.807) is 20.4 Å². The second-order valence-corrected chi connectivity index (χ2v) is 10.6. The van der Waals surface area contributed by atoms with Gasteiger partial charge in [0, 0.05) is 6.07 Å². The number of pyridine rings is 1. The van der Waals surface area contributed by atoms with Gasteiger partial charge in [0.05, 0.1) is 19.6 Å². The number of hydrogen-bond donors (Lipinski definition) is 0. The second kappa shape index (κ2) is 4.73. The molecule has 0 aliphatic carbocycles. The van der Waals surface area contributed by atoms with Crippen molar-refractivity contribution in [1.82, 2.24) is 0 Å². The lowest BCUT2D eigenvalue weighted by Crippen LogP contribution is -2.57. The minimum atomic E-state index is -1.67. The number of hydrogen-bond acceptors (Lipinski definition) is 3. The van der Waals surface area contributed by atoms with E-state index in [2.05, 4.69) is 19.6 Å². The third kappa shape index (κ3) is 2.51. The van der Waals surface area contributed by atoms with Gasteiger partial charge in [0.25, 0.3) is 0 Å². The zero-order valence-electron chi connectivity index (χ0n) is 12.0. The highest BCUT2D eigenvalue weighted by molar-refractivity contribution is 6.87. The van der Waals surface area contributed by atoms with Crippen LogP contribution in [0.4, 0.5) is 0 Å². The fourth-order valence-corrected chi connectivity index (χ4v) is 3.42. The first-order chi connectivity index (χ1) is 8.86. The fourth-order valence-electron chi connectivity index (χ4n) is 2.10. The molecular weight excluding hydrogens is 258 g/mol. The van der Waals surface area contributed by atoms with Gasteiger partial charge in [-0.2, -0.15) is 4.73 Å². The van der Waals surface area contributed by atoms with Crippen molar-refractivity contribution in [2.24, 2.45) is 0 Å². The average Bonchev–Trinajstić information content (AvgIpc) is 2.35. The molecule has 0 saturated carbocycles. The summed E-state index contributed by atoms with van der Waals surface area (Å²) in [6.07, 6.45) is 1.62. The summed E-state index contributed by atoms with van der Waals surface area (Å²) >= 11 is 0. The summed E-state index contributed by atoms with van der Waals surface area (Å²) in [6, 6.07) is 5.71. The van der Waals surface area contributed by atoms with Gasteiger partial charge in [-0.15, -0.1) is 0 Å². The molecule has 2 aromatic rings. The van der Waals surface area contributed by atoms with Crippen LogP contribution >= 0.6 is 0 Å². The molecule has 0 radical (unpaired) electrons. The normalized spacial score (nSPS) is 11.6. The van der Waals surface area contributed by atoms with E-state index in [1.807, 2.05) is 18.2 Å². The van der Waals surface area contributed by atoms with Crippen LogP contribution in [0.2, 0.25) is 19.6 Å². The van der Waals surface area contributed by atoms with Crippen LogP contribution < -0.4 is 19.5 Å². The summed E-state index contributed by atoms with van der Waals surface area (Å²) < 4.78 is 11.5. The van der Waals surface area contributed by atoms with E-state index in [9.17, 15) is 5.21 Å². The monoisotopic (exact) mass is 277 g/mol. The van der Waals surface area contributed by atoms with Gasteiger partial charge in [-0.1, -0.05) is 19.6 Å². The predicted molar refractivity (Wildman–Crippen MR) is 79.0 cm³/mol. The van der Waals surface area contributed by atoms with E-state index in [0.29, 0.717) is 11.5 Å². The Morgan fingerprint density at radius 3 is 1.95 bits per heavy atom. The first-order valence-corrected chi connectivity index (χ1v) is 9.66. The molecule has 0 saturated heterocycles. The van der Waals surface area contributed by atoms with Crippen molar-refractivity contribution in [3.8, 4) is 11.5 Å². The van der Waals surface area contributed by atoms with Gasteiger partial charge in [0.2, 0.25) is 0 Å². The van der Waals surface area contributed by atoms with Crippen molar-refractivity contribution in [2.75, 3.05) is 14.2 Å². The molecule has 2 rings (SSSR count). The summed E-state index contributed by atoms with van der Waals surface area (Å²) in [7, 11) is 1.53. The molecule has 1 heterocycles. The maximum Gasteiger partial charge on any atom is 0.188 e. The van der Waals surface area contributed by atoms with E-state index < -0.39 is 8.07 Å². The maximum absolute atomic E-state index is 12.1. The topological polar surface area (TPSA) is 45.4 Å². The number of ether oxygens (including phenoxy) is 2. The van der Waals surface area contributed by atoms with Crippen LogP contribution in [-0.4, -0.2) is 22.3 Å². The van der Waals surface area contributed by atoms with Crippen molar-refractivity contribution in [2.45, 2.75) is 19.6 Å². The maximum atomic E-state index is 12.1. The first kappa shape index (κ1) is 13.7. The van der Waals surface area contributed by atoms with Crippen molar-refractivity contribution < 1.29 is 14.2 Å². The van der Waals surface area contributed by atoms with E-state index in [4.69, 9.17) is 9.47 Å². The Kier molecular flexibility index (Phi) is 3.41. The summed E-state index contributed by atoms with van der Waals surface area (Å²) in [5, 5.41) is 14.8. The van der Waals surface area contributed by atoms with Gasteiger partial charge in [-0.3, -0.25) is 0 Å². The van der Waals surface area contributed by atoms with Gasteiger partial charge in [0.15, 0.2) is 31.1 Å². The summed E-state index contributed by atoms with van der Waals surface area (Å²) in [6.45, 7) is 6.47. The number of fused-ring (bicyclic) bond motifs is 1. The third-order valence-electron chi connectivity index (χ3n) is 3.14. The molecule has 5 heteroatoms. The summed E-state index contributed by atoms with van der Waals surface area (Å²) in [5.41, 5.74) is 0. The van der Waals surface area contributed by atoms with E-state index in [0.717, 1.165) is 20.8 Å². The summed E-state index contributed by atoms with van der Waals surface area (Å²) in [5.74, 6) is 1.32. The number of rotatable bonds is 3. The Morgan fingerprint density at radius 2 is 1.47 bits per heavy atom. The molecule has 1 aromatic carbocycles. The zero-order chi connectivity index (χ0) is 14.2. The van der Waals surface area contributed by atoms with Crippen LogP contribution in [0.5, 0.6) is 11.5 Å². The van der Waals surface area contributed by atoms with Gasteiger partial charge in [0.1, 0.15) is 0 Å². The largest absolute Gasteiger partial charge is 0.619 e. The lowest BCUT2D eigenvalue weighted by molar-refractivity contribution is -0.585. The lowest BCUT2D eigenvalue weighted by Gasteiger charge is -2.16. The molecular formula is C14H19NO3Si. The zero-order valence-corrected chi connectivity index (χ0v) is 13.0.